The van der Waals surface area contributed by atoms with E-state index in [1.54, 1.807) is 33.8 Å². The summed E-state index contributed by atoms with van der Waals surface area (Å²) in [5.41, 5.74) is 2.02. The SMILES string of the molecule is CCC(=O)c1c(C)cc(C)c(C(=O)CC)c1O. The van der Waals surface area contributed by atoms with E-state index in [2.05, 4.69) is 0 Å². The maximum Gasteiger partial charge on any atom is 0.166 e. The minimum atomic E-state index is -0.152. The van der Waals surface area contributed by atoms with Crippen LogP contribution in [-0.4, -0.2) is 16.7 Å². The second-order valence-corrected chi connectivity index (χ2v) is 4.16. The monoisotopic (exact) mass is 234 g/mol. The average Bonchev–Trinajstić information content (AvgIpc) is 2.27. The Balaban J connectivity index is 3.54. The third-order valence-electron chi connectivity index (χ3n) is 2.90. The van der Waals surface area contributed by atoms with Crippen LogP contribution in [0.5, 0.6) is 5.75 Å². The number of ketones is 2. The Bertz CT molecular complexity index is 433. The van der Waals surface area contributed by atoms with Crippen molar-refractivity contribution in [3.8, 4) is 5.75 Å². The second-order valence-electron chi connectivity index (χ2n) is 4.16. The van der Waals surface area contributed by atoms with Crippen molar-refractivity contribution in [2.45, 2.75) is 40.5 Å². The number of rotatable bonds is 4. The molecule has 0 radical (unpaired) electrons. The molecule has 1 rings (SSSR count). The Morgan fingerprint density at radius 1 is 1.00 bits per heavy atom. The molecule has 0 fully saturated rings. The van der Waals surface area contributed by atoms with E-state index in [0.29, 0.717) is 12.8 Å². The molecular weight excluding hydrogens is 216 g/mol. The fourth-order valence-electron chi connectivity index (χ4n) is 2.03. The molecule has 3 heteroatoms. The molecule has 0 heterocycles. The number of benzene rings is 1. The highest BCUT2D eigenvalue weighted by molar-refractivity contribution is 6.07. The number of aryl methyl sites for hydroxylation is 2. The number of hydrogen-bond donors (Lipinski definition) is 1. The maximum atomic E-state index is 11.8. The summed E-state index contributed by atoms with van der Waals surface area (Å²) < 4.78 is 0. The smallest absolute Gasteiger partial charge is 0.166 e. The van der Waals surface area contributed by atoms with Gasteiger partial charge in [-0.1, -0.05) is 19.9 Å². The van der Waals surface area contributed by atoms with Crippen molar-refractivity contribution in [3.63, 3.8) is 0 Å². The summed E-state index contributed by atoms with van der Waals surface area (Å²) in [5.74, 6) is -0.420. The topological polar surface area (TPSA) is 54.4 Å². The Labute approximate surface area is 101 Å². The van der Waals surface area contributed by atoms with Gasteiger partial charge in [-0.2, -0.15) is 0 Å². The minimum Gasteiger partial charge on any atom is -0.506 e. The van der Waals surface area contributed by atoms with Crippen LogP contribution in [0.3, 0.4) is 0 Å². The lowest BCUT2D eigenvalue weighted by Crippen LogP contribution is -2.08. The molecule has 92 valence electrons. The van der Waals surface area contributed by atoms with Crippen LogP contribution in [0.1, 0.15) is 58.5 Å². The first-order chi connectivity index (χ1) is 7.93. The zero-order valence-electron chi connectivity index (χ0n) is 10.8. The van der Waals surface area contributed by atoms with E-state index in [9.17, 15) is 14.7 Å². The molecule has 0 aliphatic carbocycles. The highest BCUT2D eigenvalue weighted by Gasteiger charge is 2.21. The molecular formula is C14H18O3. The van der Waals surface area contributed by atoms with Crippen LogP contribution in [0.4, 0.5) is 0 Å². The van der Waals surface area contributed by atoms with Gasteiger partial charge in [0.1, 0.15) is 5.75 Å². The minimum absolute atomic E-state index is 0.134. The van der Waals surface area contributed by atoms with E-state index < -0.39 is 0 Å². The average molecular weight is 234 g/mol. The zero-order valence-corrected chi connectivity index (χ0v) is 10.8. The molecule has 0 aromatic heterocycles. The van der Waals surface area contributed by atoms with Crippen molar-refractivity contribution in [2.24, 2.45) is 0 Å². The van der Waals surface area contributed by atoms with E-state index in [1.165, 1.54) is 0 Å². The number of hydrogen-bond acceptors (Lipinski definition) is 3. The molecule has 1 aromatic rings. The molecule has 0 saturated heterocycles. The molecule has 0 aliphatic heterocycles. The Morgan fingerprint density at radius 3 is 1.65 bits per heavy atom. The van der Waals surface area contributed by atoms with Crippen LogP contribution in [0, 0.1) is 13.8 Å². The quantitative estimate of drug-likeness (QED) is 0.814. The summed E-state index contributed by atoms with van der Waals surface area (Å²) in [7, 11) is 0. The molecule has 3 nitrogen and oxygen atoms in total. The van der Waals surface area contributed by atoms with Crippen molar-refractivity contribution in [1.29, 1.82) is 0 Å². The molecule has 17 heavy (non-hydrogen) atoms. The normalized spacial score (nSPS) is 10.4. The van der Waals surface area contributed by atoms with Gasteiger partial charge in [0.05, 0.1) is 11.1 Å². The first-order valence-electron chi connectivity index (χ1n) is 5.83. The van der Waals surface area contributed by atoms with E-state index in [1.807, 2.05) is 0 Å². The zero-order chi connectivity index (χ0) is 13.2. The lowest BCUT2D eigenvalue weighted by Gasteiger charge is -2.13. The Morgan fingerprint density at radius 2 is 1.35 bits per heavy atom. The molecule has 1 aromatic carbocycles. The van der Waals surface area contributed by atoms with Gasteiger partial charge in [-0.25, -0.2) is 0 Å². The molecule has 0 atom stereocenters. The molecule has 0 spiro atoms. The first-order valence-corrected chi connectivity index (χ1v) is 5.83. The van der Waals surface area contributed by atoms with Crippen molar-refractivity contribution in [1.82, 2.24) is 0 Å². The first kappa shape index (κ1) is 13.4. The fourth-order valence-corrected chi connectivity index (χ4v) is 2.03. The van der Waals surface area contributed by atoms with Gasteiger partial charge in [0.15, 0.2) is 11.6 Å². The van der Waals surface area contributed by atoms with Crippen LogP contribution in [0.15, 0.2) is 6.07 Å². The van der Waals surface area contributed by atoms with E-state index in [0.717, 1.165) is 11.1 Å². The molecule has 0 amide bonds. The van der Waals surface area contributed by atoms with Gasteiger partial charge in [0.25, 0.3) is 0 Å². The number of carbonyl (C=O) groups is 2. The van der Waals surface area contributed by atoms with Gasteiger partial charge in [0, 0.05) is 12.8 Å². The van der Waals surface area contributed by atoms with Crippen molar-refractivity contribution < 1.29 is 14.7 Å². The van der Waals surface area contributed by atoms with Gasteiger partial charge >= 0.3 is 0 Å². The summed E-state index contributed by atoms with van der Waals surface area (Å²) in [5, 5.41) is 10.1. The molecule has 1 N–H and O–H groups in total. The van der Waals surface area contributed by atoms with Crippen LogP contribution < -0.4 is 0 Å². The van der Waals surface area contributed by atoms with Gasteiger partial charge in [-0.3, -0.25) is 9.59 Å². The maximum absolute atomic E-state index is 11.8. The number of carbonyl (C=O) groups excluding carboxylic acids is 2. The fraction of sp³-hybridized carbons (Fsp3) is 0.429. The molecule has 0 unspecified atom stereocenters. The predicted octanol–water partition coefficient (Wildman–Crippen LogP) is 3.19. The van der Waals surface area contributed by atoms with E-state index >= 15 is 0 Å². The molecule has 0 aliphatic rings. The van der Waals surface area contributed by atoms with Crippen molar-refractivity contribution in [3.05, 3.63) is 28.3 Å². The summed E-state index contributed by atoms with van der Waals surface area (Å²) in [4.78, 5) is 23.5. The van der Waals surface area contributed by atoms with Gasteiger partial charge in [-0.05, 0) is 25.0 Å². The van der Waals surface area contributed by atoms with Crippen molar-refractivity contribution >= 4 is 11.6 Å². The van der Waals surface area contributed by atoms with E-state index in [4.69, 9.17) is 0 Å². The van der Waals surface area contributed by atoms with E-state index in [-0.39, 0.29) is 28.4 Å². The summed E-state index contributed by atoms with van der Waals surface area (Å²) in [6.45, 7) is 7.02. The van der Waals surface area contributed by atoms with Crippen LogP contribution in [0.2, 0.25) is 0 Å². The highest BCUT2D eigenvalue weighted by atomic mass is 16.3. The standard InChI is InChI=1S/C14H18O3/c1-5-10(15)12-8(3)7-9(4)13(14(12)17)11(16)6-2/h7,17H,5-6H2,1-4H3. The summed E-state index contributed by atoms with van der Waals surface area (Å²) in [6.07, 6.45) is 0.633. The number of Topliss-reactive ketones (excluding diaryl/α,β-unsaturated/α-hetero) is 2. The lowest BCUT2D eigenvalue weighted by molar-refractivity contribution is 0.0983. The molecule has 0 bridgehead atoms. The van der Waals surface area contributed by atoms with Gasteiger partial charge < -0.3 is 5.11 Å². The Hall–Kier alpha value is -1.64. The third-order valence-corrected chi connectivity index (χ3v) is 2.90. The van der Waals surface area contributed by atoms with Gasteiger partial charge in [-0.15, -0.1) is 0 Å². The Kier molecular flexibility index (Phi) is 4.05. The second kappa shape index (κ2) is 5.13. The predicted molar refractivity (Wildman–Crippen MR) is 66.8 cm³/mol. The van der Waals surface area contributed by atoms with Crippen LogP contribution in [0.25, 0.3) is 0 Å². The number of aromatic hydroxyl groups is 1. The van der Waals surface area contributed by atoms with Crippen molar-refractivity contribution in [2.75, 3.05) is 0 Å². The number of phenols is 1. The highest BCUT2D eigenvalue weighted by Crippen LogP contribution is 2.31. The van der Waals surface area contributed by atoms with Crippen LogP contribution in [-0.2, 0) is 0 Å². The summed E-state index contributed by atoms with van der Waals surface area (Å²) >= 11 is 0. The van der Waals surface area contributed by atoms with Crippen LogP contribution >= 0.6 is 0 Å². The third kappa shape index (κ3) is 2.38. The largest absolute Gasteiger partial charge is 0.506 e. The lowest BCUT2D eigenvalue weighted by atomic mass is 9.92. The molecule has 0 saturated carbocycles. The van der Waals surface area contributed by atoms with Gasteiger partial charge in [0.2, 0.25) is 0 Å². The summed E-state index contributed by atoms with van der Waals surface area (Å²) in [6, 6.07) is 1.78. The number of phenolic OH excluding ortho intramolecular Hbond substituents is 1.